The second-order valence-corrected chi connectivity index (χ2v) is 6.02. The van der Waals surface area contributed by atoms with E-state index in [1.54, 1.807) is 0 Å². The first kappa shape index (κ1) is 18.0. The third kappa shape index (κ3) is 8.71. The van der Waals surface area contributed by atoms with E-state index >= 15 is 0 Å². The zero-order valence-electron chi connectivity index (χ0n) is 13.6. The Bertz CT molecular complexity index is 378. The molecule has 0 fully saturated rings. The summed E-state index contributed by atoms with van der Waals surface area (Å²) in [6.07, 6.45) is -0.481. The maximum absolute atomic E-state index is 9.80. The van der Waals surface area contributed by atoms with Gasteiger partial charge < -0.3 is 19.9 Å². The van der Waals surface area contributed by atoms with E-state index in [1.807, 2.05) is 31.2 Å². The normalized spacial score (nSPS) is 14.2. The summed E-state index contributed by atoms with van der Waals surface area (Å²) in [6, 6.07) is 8.17. The molecule has 2 unspecified atom stereocenters. The van der Waals surface area contributed by atoms with E-state index < -0.39 is 6.10 Å². The van der Waals surface area contributed by atoms with Crippen LogP contribution >= 0.6 is 0 Å². The fourth-order valence-corrected chi connectivity index (χ4v) is 1.75. The van der Waals surface area contributed by atoms with Gasteiger partial charge in [0.1, 0.15) is 12.4 Å². The summed E-state index contributed by atoms with van der Waals surface area (Å²) in [6.45, 7) is 10.4. The quantitative estimate of drug-likeness (QED) is 0.696. The predicted octanol–water partition coefficient (Wildman–Crippen LogP) is 2.39. The summed E-state index contributed by atoms with van der Waals surface area (Å²) < 4.78 is 11.1. The number of hydrogen-bond acceptors (Lipinski definition) is 4. The Morgan fingerprint density at radius 1 is 1.05 bits per heavy atom. The zero-order chi connectivity index (χ0) is 15.7. The van der Waals surface area contributed by atoms with Gasteiger partial charge in [0.05, 0.1) is 12.7 Å². The topological polar surface area (TPSA) is 50.7 Å². The molecule has 0 saturated carbocycles. The molecule has 0 bridgehead atoms. The summed E-state index contributed by atoms with van der Waals surface area (Å²) in [7, 11) is 0. The third-order valence-corrected chi connectivity index (χ3v) is 2.98. The molecule has 0 heterocycles. The number of nitrogens with one attached hydrogen (secondary N) is 1. The minimum Gasteiger partial charge on any atom is -0.492 e. The first-order valence-electron chi connectivity index (χ1n) is 7.66. The van der Waals surface area contributed by atoms with E-state index in [4.69, 9.17) is 9.47 Å². The van der Waals surface area contributed by atoms with E-state index in [0.717, 1.165) is 5.75 Å². The van der Waals surface area contributed by atoms with Crippen LogP contribution in [0, 0.1) is 12.8 Å². The van der Waals surface area contributed by atoms with Crippen molar-refractivity contribution in [2.75, 3.05) is 26.4 Å². The zero-order valence-corrected chi connectivity index (χ0v) is 13.6. The van der Waals surface area contributed by atoms with Gasteiger partial charge in [-0.3, -0.25) is 0 Å². The maximum atomic E-state index is 9.80. The van der Waals surface area contributed by atoms with Crippen molar-refractivity contribution < 1.29 is 14.6 Å². The maximum Gasteiger partial charge on any atom is 0.119 e. The summed E-state index contributed by atoms with van der Waals surface area (Å²) >= 11 is 0. The molecule has 1 rings (SSSR count). The molecular weight excluding hydrogens is 266 g/mol. The Morgan fingerprint density at radius 2 is 1.71 bits per heavy atom. The van der Waals surface area contributed by atoms with Crippen LogP contribution in [0.25, 0.3) is 0 Å². The van der Waals surface area contributed by atoms with Crippen LogP contribution in [0.2, 0.25) is 0 Å². The molecule has 0 spiro atoms. The van der Waals surface area contributed by atoms with Crippen LogP contribution in [-0.4, -0.2) is 43.6 Å². The average molecular weight is 295 g/mol. The minimum absolute atomic E-state index is 0.172. The molecule has 0 aromatic heterocycles. The van der Waals surface area contributed by atoms with Crippen molar-refractivity contribution in [2.24, 2.45) is 5.92 Å². The molecule has 0 amide bonds. The van der Waals surface area contributed by atoms with Crippen molar-refractivity contribution in [3.05, 3.63) is 29.8 Å². The highest BCUT2D eigenvalue weighted by molar-refractivity contribution is 5.26. The molecule has 2 atom stereocenters. The summed E-state index contributed by atoms with van der Waals surface area (Å²) in [5.41, 5.74) is 1.22. The second kappa shape index (κ2) is 9.77. The first-order valence-corrected chi connectivity index (χ1v) is 7.66. The SMILES string of the molecule is Cc1ccc(OCC(C)NCC(O)COCC(C)C)cc1. The molecule has 1 aromatic rings. The van der Waals surface area contributed by atoms with Crippen LogP contribution in [0.4, 0.5) is 0 Å². The largest absolute Gasteiger partial charge is 0.492 e. The lowest BCUT2D eigenvalue weighted by molar-refractivity contribution is 0.0245. The lowest BCUT2D eigenvalue weighted by atomic mass is 10.2. The lowest BCUT2D eigenvalue weighted by Gasteiger charge is -2.18. The van der Waals surface area contributed by atoms with Gasteiger partial charge in [0, 0.05) is 19.2 Å². The van der Waals surface area contributed by atoms with Gasteiger partial charge in [0.25, 0.3) is 0 Å². The van der Waals surface area contributed by atoms with Gasteiger partial charge in [-0.05, 0) is 31.9 Å². The Hall–Kier alpha value is -1.10. The van der Waals surface area contributed by atoms with Crippen molar-refractivity contribution in [2.45, 2.75) is 39.8 Å². The van der Waals surface area contributed by atoms with Crippen molar-refractivity contribution >= 4 is 0 Å². The second-order valence-electron chi connectivity index (χ2n) is 6.02. The van der Waals surface area contributed by atoms with Crippen molar-refractivity contribution in [1.29, 1.82) is 0 Å². The highest BCUT2D eigenvalue weighted by Gasteiger charge is 2.08. The lowest BCUT2D eigenvalue weighted by Crippen LogP contribution is -2.39. The van der Waals surface area contributed by atoms with Crippen molar-refractivity contribution in [3.8, 4) is 5.75 Å². The molecule has 4 nitrogen and oxygen atoms in total. The minimum atomic E-state index is -0.481. The number of hydrogen-bond donors (Lipinski definition) is 2. The highest BCUT2D eigenvalue weighted by atomic mass is 16.5. The number of benzene rings is 1. The third-order valence-electron chi connectivity index (χ3n) is 2.98. The van der Waals surface area contributed by atoms with Crippen molar-refractivity contribution in [3.63, 3.8) is 0 Å². The van der Waals surface area contributed by atoms with Gasteiger partial charge >= 0.3 is 0 Å². The fraction of sp³-hybridized carbons (Fsp3) is 0.647. The summed E-state index contributed by atoms with van der Waals surface area (Å²) in [5.74, 6) is 1.36. The Labute approximate surface area is 128 Å². The predicted molar refractivity (Wildman–Crippen MR) is 85.8 cm³/mol. The Balaban J connectivity index is 2.12. The van der Waals surface area contributed by atoms with Crippen LogP contribution in [0.1, 0.15) is 26.3 Å². The average Bonchev–Trinajstić information content (AvgIpc) is 2.44. The standard InChI is InChI=1S/C17H29NO3/c1-13(2)10-20-12-16(19)9-18-15(4)11-21-17-7-5-14(3)6-8-17/h5-8,13,15-16,18-19H,9-12H2,1-4H3. The van der Waals surface area contributed by atoms with Gasteiger partial charge in [0.2, 0.25) is 0 Å². The van der Waals surface area contributed by atoms with E-state index in [1.165, 1.54) is 5.56 Å². The van der Waals surface area contributed by atoms with Gasteiger partial charge in [-0.25, -0.2) is 0 Å². The molecule has 0 radical (unpaired) electrons. The molecule has 0 aliphatic heterocycles. The molecule has 21 heavy (non-hydrogen) atoms. The van der Waals surface area contributed by atoms with E-state index in [-0.39, 0.29) is 6.04 Å². The number of aryl methyl sites for hydroxylation is 1. The number of aliphatic hydroxyl groups excluding tert-OH is 1. The molecule has 1 aromatic carbocycles. The number of aliphatic hydroxyl groups is 1. The Kier molecular flexibility index (Phi) is 8.35. The van der Waals surface area contributed by atoms with Gasteiger partial charge in [0.15, 0.2) is 0 Å². The van der Waals surface area contributed by atoms with E-state index in [9.17, 15) is 5.11 Å². The molecule has 2 N–H and O–H groups in total. The molecule has 4 heteroatoms. The molecule has 0 aliphatic rings. The number of ether oxygens (including phenoxy) is 2. The van der Waals surface area contributed by atoms with Crippen LogP contribution in [0.5, 0.6) is 5.75 Å². The molecule has 0 saturated heterocycles. The smallest absolute Gasteiger partial charge is 0.119 e. The summed E-state index contributed by atoms with van der Waals surface area (Å²) in [5, 5.41) is 13.0. The van der Waals surface area contributed by atoms with E-state index in [0.29, 0.717) is 32.3 Å². The van der Waals surface area contributed by atoms with Crippen LogP contribution in [0.3, 0.4) is 0 Å². The van der Waals surface area contributed by atoms with Crippen LogP contribution in [0.15, 0.2) is 24.3 Å². The summed E-state index contributed by atoms with van der Waals surface area (Å²) in [4.78, 5) is 0. The molecular formula is C17H29NO3. The van der Waals surface area contributed by atoms with Crippen LogP contribution < -0.4 is 10.1 Å². The van der Waals surface area contributed by atoms with Gasteiger partial charge in [-0.1, -0.05) is 31.5 Å². The van der Waals surface area contributed by atoms with Crippen LogP contribution in [-0.2, 0) is 4.74 Å². The Morgan fingerprint density at radius 3 is 2.33 bits per heavy atom. The molecule has 0 aliphatic carbocycles. The van der Waals surface area contributed by atoms with E-state index in [2.05, 4.69) is 26.1 Å². The van der Waals surface area contributed by atoms with Crippen molar-refractivity contribution in [1.82, 2.24) is 5.32 Å². The van der Waals surface area contributed by atoms with Gasteiger partial charge in [-0.15, -0.1) is 0 Å². The highest BCUT2D eigenvalue weighted by Crippen LogP contribution is 2.11. The van der Waals surface area contributed by atoms with Gasteiger partial charge in [-0.2, -0.15) is 0 Å². The fourth-order valence-electron chi connectivity index (χ4n) is 1.75. The monoisotopic (exact) mass is 295 g/mol. The number of rotatable bonds is 10. The first-order chi connectivity index (χ1) is 9.97. The molecule has 120 valence electrons.